The molecule has 3 heterocycles. The fourth-order valence-electron chi connectivity index (χ4n) is 2.77. The predicted octanol–water partition coefficient (Wildman–Crippen LogP) is 5.57. The zero-order valence-corrected chi connectivity index (χ0v) is 18.7. The molecule has 0 N–H and O–H groups in total. The Morgan fingerprint density at radius 3 is 2.86 bits per heavy atom. The van der Waals surface area contributed by atoms with Gasteiger partial charge in [-0.25, -0.2) is 4.98 Å². The Bertz CT molecular complexity index is 1120. The van der Waals surface area contributed by atoms with Crippen LogP contribution in [-0.4, -0.2) is 26.9 Å². The molecular weight excluding hydrogens is 460 g/mol. The number of hydrogen-bond acceptors (Lipinski definition) is 7. The van der Waals surface area contributed by atoms with E-state index in [1.165, 1.54) is 0 Å². The quantitative estimate of drug-likeness (QED) is 0.338. The molecule has 0 aliphatic heterocycles. The van der Waals surface area contributed by atoms with Crippen LogP contribution in [0.1, 0.15) is 11.5 Å². The third kappa shape index (κ3) is 3.74. The molecule has 3 aromatic heterocycles. The molecule has 6 nitrogen and oxygen atoms in total. The molecule has 4 rings (SSSR count). The van der Waals surface area contributed by atoms with Crippen molar-refractivity contribution >= 4 is 39.0 Å². The number of methoxy groups -OCH3 is 1. The fourth-order valence-corrected chi connectivity index (χ4v) is 4.89. The van der Waals surface area contributed by atoms with E-state index in [-0.39, 0.29) is 0 Å². The lowest BCUT2D eigenvalue weighted by molar-refractivity contribution is 0.416. The number of thioether (sulfide) groups is 1. The summed E-state index contributed by atoms with van der Waals surface area (Å²) in [5.74, 6) is 3.15. The van der Waals surface area contributed by atoms with Gasteiger partial charge in [-0.1, -0.05) is 27.7 Å². The minimum absolute atomic E-state index is 0.711. The normalized spacial score (nSPS) is 11.1. The van der Waals surface area contributed by atoms with Crippen LogP contribution in [0.25, 0.3) is 22.0 Å². The molecule has 0 bridgehead atoms. The number of nitrogens with zero attached hydrogens (tertiary/aromatic N) is 4. The number of rotatable bonds is 6. The second-order valence-electron chi connectivity index (χ2n) is 6.03. The van der Waals surface area contributed by atoms with E-state index in [9.17, 15) is 0 Å². The van der Waals surface area contributed by atoms with Crippen molar-refractivity contribution in [2.45, 2.75) is 17.8 Å². The molecule has 0 spiro atoms. The summed E-state index contributed by atoms with van der Waals surface area (Å²) in [6.45, 7) is 1.92. The summed E-state index contributed by atoms with van der Waals surface area (Å²) < 4.78 is 13.8. The predicted molar refractivity (Wildman–Crippen MR) is 115 cm³/mol. The molecule has 4 aromatic rings. The zero-order chi connectivity index (χ0) is 19.7. The first kappa shape index (κ1) is 19.2. The average molecular weight is 477 g/mol. The van der Waals surface area contributed by atoms with E-state index in [1.807, 2.05) is 42.8 Å². The number of thiazole rings is 1. The highest BCUT2D eigenvalue weighted by Crippen LogP contribution is 2.35. The van der Waals surface area contributed by atoms with Crippen molar-refractivity contribution < 1.29 is 9.15 Å². The maximum Gasteiger partial charge on any atom is 0.191 e. The first-order valence-corrected chi connectivity index (χ1v) is 11.1. The van der Waals surface area contributed by atoms with Gasteiger partial charge in [-0.15, -0.1) is 21.5 Å². The first-order valence-electron chi connectivity index (χ1n) is 8.41. The highest BCUT2D eigenvalue weighted by molar-refractivity contribution is 9.10. The maximum absolute atomic E-state index is 5.47. The van der Waals surface area contributed by atoms with Crippen molar-refractivity contribution in [3.05, 3.63) is 51.8 Å². The lowest BCUT2D eigenvalue weighted by Crippen LogP contribution is -1.95. The maximum atomic E-state index is 5.47. The second kappa shape index (κ2) is 8.10. The molecule has 144 valence electrons. The van der Waals surface area contributed by atoms with Gasteiger partial charge in [0.15, 0.2) is 11.0 Å². The zero-order valence-electron chi connectivity index (χ0n) is 15.5. The van der Waals surface area contributed by atoms with Crippen LogP contribution in [0.5, 0.6) is 5.75 Å². The lowest BCUT2D eigenvalue weighted by Gasteiger charge is -2.06. The number of ether oxygens (including phenoxy) is 1. The monoisotopic (exact) mass is 476 g/mol. The van der Waals surface area contributed by atoms with Crippen LogP contribution < -0.4 is 4.74 Å². The number of furan rings is 1. The van der Waals surface area contributed by atoms with E-state index < -0.39 is 0 Å². The molecule has 0 saturated heterocycles. The van der Waals surface area contributed by atoms with Crippen LogP contribution >= 0.6 is 39.0 Å². The summed E-state index contributed by atoms with van der Waals surface area (Å²) in [6, 6.07) is 7.83. The minimum Gasteiger partial charge on any atom is -0.496 e. The average Bonchev–Trinajstić information content (AvgIpc) is 3.40. The van der Waals surface area contributed by atoms with Gasteiger partial charge in [0, 0.05) is 22.7 Å². The van der Waals surface area contributed by atoms with E-state index in [2.05, 4.69) is 31.5 Å². The van der Waals surface area contributed by atoms with E-state index in [0.717, 1.165) is 48.8 Å². The van der Waals surface area contributed by atoms with Gasteiger partial charge in [0.05, 0.1) is 30.2 Å². The number of aryl methyl sites for hydroxylation is 1. The fraction of sp³-hybridized carbons (Fsp3) is 0.211. The molecule has 0 aliphatic rings. The highest BCUT2D eigenvalue weighted by atomic mass is 79.9. The highest BCUT2D eigenvalue weighted by Gasteiger charge is 2.16. The summed E-state index contributed by atoms with van der Waals surface area (Å²) in [6.07, 6.45) is 1.67. The third-order valence-electron chi connectivity index (χ3n) is 4.23. The minimum atomic E-state index is 0.711. The Labute approximate surface area is 179 Å². The molecule has 0 saturated carbocycles. The van der Waals surface area contributed by atoms with Crippen molar-refractivity contribution in [3.63, 3.8) is 0 Å². The number of aromatic nitrogens is 4. The van der Waals surface area contributed by atoms with Gasteiger partial charge in [0.25, 0.3) is 0 Å². The number of benzene rings is 1. The number of halogens is 1. The molecular formula is C19H17BrN4O2S2. The molecule has 1 aromatic carbocycles. The van der Waals surface area contributed by atoms with Crippen LogP contribution in [0.4, 0.5) is 0 Å². The SMILES string of the molecule is COc1ccc(Br)cc1-c1nc(CSc2nnc(-c3ccoc3C)n2C)cs1. The largest absolute Gasteiger partial charge is 0.496 e. The Hall–Kier alpha value is -2.10. The van der Waals surface area contributed by atoms with Crippen molar-refractivity contribution in [2.75, 3.05) is 7.11 Å². The molecule has 0 aliphatic carbocycles. The Morgan fingerprint density at radius 1 is 1.25 bits per heavy atom. The molecule has 0 radical (unpaired) electrons. The van der Waals surface area contributed by atoms with Crippen LogP contribution in [0.15, 0.2) is 50.0 Å². The summed E-state index contributed by atoms with van der Waals surface area (Å²) in [5, 5.41) is 12.5. The van der Waals surface area contributed by atoms with Crippen LogP contribution in [0, 0.1) is 6.92 Å². The van der Waals surface area contributed by atoms with Crippen molar-refractivity contribution in [1.29, 1.82) is 0 Å². The van der Waals surface area contributed by atoms with Gasteiger partial charge in [-0.2, -0.15) is 0 Å². The molecule has 0 atom stereocenters. The Kier molecular flexibility index (Phi) is 5.56. The summed E-state index contributed by atoms with van der Waals surface area (Å²) in [5.41, 5.74) is 2.94. The standard InChI is InChI=1S/C19H17BrN4O2S2/c1-11-14(6-7-26-11)17-22-23-19(24(17)2)28-10-13-9-27-18(21-13)15-8-12(20)4-5-16(15)25-3/h4-9H,10H2,1-3H3. The second-order valence-corrected chi connectivity index (χ2v) is 8.75. The van der Waals surface area contributed by atoms with Crippen molar-refractivity contribution in [3.8, 4) is 27.7 Å². The van der Waals surface area contributed by atoms with E-state index >= 15 is 0 Å². The van der Waals surface area contributed by atoms with E-state index in [0.29, 0.717) is 5.75 Å². The molecule has 0 unspecified atom stereocenters. The van der Waals surface area contributed by atoms with Crippen molar-refractivity contribution in [1.82, 2.24) is 19.7 Å². The molecule has 0 amide bonds. The summed E-state index contributed by atoms with van der Waals surface area (Å²) >= 11 is 6.73. The summed E-state index contributed by atoms with van der Waals surface area (Å²) in [4.78, 5) is 4.77. The summed E-state index contributed by atoms with van der Waals surface area (Å²) in [7, 11) is 3.63. The van der Waals surface area contributed by atoms with Crippen LogP contribution in [-0.2, 0) is 12.8 Å². The Morgan fingerprint density at radius 2 is 2.11 bits per heavy atom. The smallest absolute Gasteiger partial charge is 0.191 e. The van der Waals surface area contributed by atoms with Gasteiger partial charge in [0.1, 0.15) is 16.5 Å². The molecule has 9 heteroatoms. The van der Waals surface area contributed by atoms with E-state index in [1.54, 1.807) is 36.5 Å². The van der Waals surface area contributed by atoms with Gasteiger partial charge < -0.3 is 13.7 Å². The Balaban J connectivity index is 1.51. The van der Waals surface area contributed by atoms with Crippen molar-refractivity contribution in [2.24, 2.45) is 7.05 Å². The molecule has 0 fully saturated rings. The van der Waals surface area contributed by atoms with Crippen LogP contribution in [0.3, 0.4) is 0 Å². The topological polar surface area (TPSA) is 66.0 Å². The molecule has 28 heavy (non-hydrogen) atoms. The van der Waals surface area contributed by atoms with Crippen LogP contribution in [0.2, 0.25) is 0 Å². The van der Waals surface area contributed by atoms with Gasteiger partial charge >= 0.3 is 0 Å². The van der Waals surface area contributed by atoms with Gasteiger partial charge in [-0.3, -0.25) is 0 Å². The number of hydrogen-bond donors (Lipinski definition) is 0. The van der Waals surface area contributed by atoms with E-state index in [4.69, 9.17) is 14.1 Å². The van der Waals surface area contributed by atoms with Gasteiger partial charge in [0.2, 0.25) is 0 Å². The first-order chi connectivity index (χ1) is 13.6. The lowest BCUT2D eigenvalue weighted by atomic mass is 10.2. The van der Waals surface area contributed by atoms with Gasteiger partial charge in [-0.05, 0) is 31.2 Å². The third-order valence-corrected chi connectivity index (χ3v) is 6.70.